The van der Waals surface area contributed by atoms with Crippen LogP contribution in [0.5, 0.6) is 5.75 Å². The van der Waals surface area contributed by atoms with Gasteiger partial charge in [-0.05, 0) is 73.9 Å². The van der Waals surface area contributed by atoms with Crippen molar-refractivity contribution >= 4 is 23.6 Å². The molecule has 2 saturated heterocycles. The standard InChI is InChI=1S/C30H30FNO4S/c1-2-35-30(34)22-11-15-25(16-12-22)36-26-17-23-13-14-24(18-26)32(23)29(33)21-9-7-20(8-10-21)19-37-28-6-4-3-5-27(28)31/h3-12,15-16,23-24,26H,2,13-14,17-19H2,1H3. The molecule has 0 aromatic heterocycles. The second kappa shape index (κ2) is 11.4. The quantitative estimate of drug-likeness (QED) is 0.251. The van der Waals surface area contributed by atoms with Gasteiger partial charge in [0.25, 0.3) is 5.91 Å². The Morgan fingerprint density at radius 2 is 1.57 bits per heavy atom. The first-order chi connectivity index (χ1) is 18.0. The van der Waals surface area contributed by atoms with E-state index in [0.717, 1.165) is 37.0 Å². The topological polar surface area (TPSA) is 55.8 Å². The fraction of sp³-hybridized carbons (Fsp3) is 0.333. The third-order valence-corrected chi connectivity index (χ3v) is 8.14. The second-order valence-electron chi connectivity index (χ2n) is 9.47. The highest BCUT2D eigenvalue weighted by atomic mass is 32.2. The maximum absolute atomic E-state index is 13.9. The summed E-state index contributed by atoms with van der Waals surface area (Å²) in [6.45, 7) is 2.13. The number of hydrogen-bond donors (Lipinski definition) is 0. The van der Waals surface area contributed by atoms with Crippen molar-refractivity contribution in [3.05, 3.63) is 95.3 Å². The minimum Gasteiger partial charge on any atom is -0.490 e. The fourth-order valence-electron chi connectivity index (χ4n) is 5.25. The first-order valence-electron chi connectivity index (χ1n) is 12.7. The highest BCUT2D eigenvalue weighted by molar-refractivity contribution is 7.98. The van der Waals surface area contributed by atoms with Crippen LogP contribution in [0.1, 0.15) is 58.9 Å². The van der Waals surface area contributed by atoms with Gasteiger partial charge in [-0.2, -0.15) is 0 Å². The first kappa shape index (κ1) is 25.3. The van der Waals surface area contributed by atoms with Crippen molar-refractivity contribution in [1.82, 2.24) is 4.90 Å². The number of nitrogens with zero attached hydrogens (tertiary/aromatic N) is 1. The zero-order valence-electron chi connectivity index (χ0n) is 20.8. The molecule has 2 atom stereocenters. The van der Waals surface area contributed by atoms with Gasteiger partial charge in [-0.25, -0.2) is 9.18 Å². The van der Waals surface area contributed by atoms with Gasteiger partial charge < -0.3 is 14.4 Å². The fourth-order valence-corrected chi connectivity index (χ4v) is 6.14. The highest BCUT2D eigenvalue weighted by Crippen LogP contribution is 2.38. The van der Waals surface area contributed by atoms with Crippen LogP contribution in [-0.2, 0) is 10.5 Å². The average molecular weight is 520 g/mol. The van der Waals surface area contributed by atoms with Crippen molar-refractivity contribution in [3.8, 4) is 5.75 Å². The molecule has 2 aliphatic rings. The summed E-state index contributed by atoms with van der Waals surface area (Å²) in [6, 6.07) is 21.8. The number of carbonyl (C=O) groups excluding carboxylic acids is 2. The Balaban J connectivity index is 1.17. The summed E-state index contributed by atoms with van der Waals surface area (Å²) >= 11 is 1.45. The van der Waals surface area contributed by atoms with E-state index in [0.29, 0.717) is 28.4 Å². The van der Waals surface area contributed by atoms with Gasteiger partial charge in [-0.15, -0.1) is 11.8 Å². The van der Waals surface area contributed by atoms with Crippen LogP contribution in [-0.4, -0.2) is 41.6 Å². The van der Waals surface area contributed by atoms with Crippen molar-refractivity contribution in [3.63, 3.8) is 0 Å². The predicted octanol–water partition coefficient (Wildman–Crippen LogP) is 6.51. The molecule has 37 heavy (non-hydrogen) atoms. The molecule has 5 nitrogen and oxygen atoms in total. The van der Waals surface area contributed by atoms with Crippen LogP contribution in [0.2, 0.25) is 0 Å². The Morgan fingerprint density at radius 3 is 2.22 bits per heavy atom. The molecule has 3 aromatic rings. The summed E-state index contributed by atoms with van der Waals surface area (Å²) in [4.78, 5) is 27.9. The number of fused-ring (bicyclic) bond motifs is 2. The van der Waals surface area contributed by atoms with E-state index in [1.807, 2.05) is 35.2 Å². The monoisotopic (exact) mass is 519 g/mol. The van der Waals surface area contributed by atoms with Gasteiger partial charge in [0.1, 0.15) is 17.7 Å². The maximum atomic E-state index is 13.9. The lowest BCUT2D eigenvalue weighted by atomic mass is 9.98. The van der Waals surface area contributed by atoms with Crippen molar-refractivity contribution in [2.75, 3.05) is 6.61 Å². The van der Waals surface area contributed by atoms with Crippen molar-refractivity contribution in [2.24, 2.45) is 0 Å². The average Bonchev–Trinajstić information content (AvgIpc) is 3.18. The Kier molecular flexibility index (Phi) is 7.79. The molecule has 2 heterocycles. The Labute approximate surface area is 221 Å². The number of hydrogen-bond acceptors (Lipinski definition) is 5. The van der Waals surface area contributed by atoms with Crippen molar-refractivity contribution < 1.29 is 23.5 Å². The number of thioether (sulfide) groups is 1. The molecule has 0 radical (unpaired) electrons. The smallest absolute Gasteiger partial charge is 0.338 e. The van der Waals surface area contributed by atoms with Gasteiger partial charge in [0, 0.05) is 41.1 Å². The van der Waals surface area contributed by atoms with E-state index in [1.54, 1.807) is 43.3 Å². The van der Waals surface area contributed by atoms with Crippen LogP contribution in [0.3, 0.4) is 0 Å². The Morgan fingerprint density at radius 1 is 0.919 bits per heavy atom. The number of ether oxygens (including phenoxy) is 2. The van der Waals surface area contributed by atoms with E-state index in [2.05, 4.69) is 0 Å². The van der Waals surface area contributed by atoms with Crippen LogP contribution < -0.4 is 4.74 Å². The normalized spacial score (nSPS) is 20.5. The summed E-state index contributed by atoms with van der Waals surface area (Å²) in [5, 5.41) is 0. The van der Waals surface area contributed by atoms with Crippen molar-refractivity contribution in [2.45, 2.75) is 61.4 Å². The molecule has 0 spiro atoms. The predicted molar refractivity (Wildman–Crippen MR) is 141 cm³/mol. The number of piperidine rings is 1. The molecular formula is C30H30FNO4S. The van der Waals surface area contributed by atoms with E-state index >= 15 is 0 Å². The highest BCUT2D eigenvalue weighted by Gasteiger charge is 2.44. The van der Waals surface area contributed by atoms with Crippen LogP contribution in [0.4, 0.5) is 4.39 Å². The van der Waals surface area contributed by atoms with Gasteiger partial charge in [0.05, 0.1) is 12.2 Å². The molecule has 2 unspecified atom stereocenters. The summed E-state index contributed by atoms with van der Waals surface area (Å²) < 4.78 is 25.1. The van der Waals surface area contributed by atoms with Crippen LogP contribution >= 0.6 is 11.8 Å². The van der Waals surface area contributed by atoms with Gasteiger partial charge in [0.2, 0.25) is 0 Å². The Hall–Kier alpha value is -3.32. The number of esters is 1. The number of rotatable bonds is 8. The lowest BCUT2D eigenvalue weighted by molar-refractivity contribution is 0.0359. The Bertz CT molecular complexity index is 1230. The summed E-state index contributed by atoms with van der Waals surface area (Å²) in [6.07, 6.45) is 3.58. The van der Waals surface area contributed by atoms with Crippen LogP contribution in [0.25, 0.3) is 0 Å². The molecule has 0 aliphatic carbocycles. The molecule has 5 rings (SSSR count). The molecule has 2 bridgehead atoms. The van der Waals surface area contributed by atoms with Crippen molar-refractivity contribution in [1.29, 1.82) is 0 Å². The van der Waals surface area contributed by atoms with E-state index in [-0.39, 0.29) is 35.9 Å². The molecule has 2 aliphatic heterocycles. The molecule has 2 fully saturated rings. The van der Waals surface area contributed by atoms with E-state index in [9.17, 15) is 14.0 Å². The third kappa shape index (κ3) is 5.82. The molecule has 1 amide bonds. The molecule has 0 N–H and O–H groups in total. The minimum atomic E-state index is -0.337. The van der Waals surface area contributed by atoms with Crippen LogP contribution in [0, 0.1) is 5.82 Å². The number of carbonyl (C=O) groups is 2. The van der Waals surface area contributed by atoms with E-state index < -0.39 is 0 Å². The van der Waals surface area contributed by atoms with Crippen LogP contribution in [0.15, 0.2) is 77.7 Å². The van der Waals surface area contributed by atoms with Gasteiger partial charge in [0.15, 0.2) is 0 Å². The molecule has 192 valence electrons. The molecule has 7 heteroatoms. The maximum Gasteiger partial charge on any atom is 0.338 e. The largest absolute Gasteiger partial charge is 0.490 e. The number of amides is 1. The number of benzene rings is 3. The van der Waals surface area contributed by atoms with Gasteiger partial charge in [-0.3, -0.25) is 4.79 Å². The zero-order chi connectivity index (χ0) is 25.8. The third-order valence-electron chi connectivity index (χ3n) is 7.02. The van der Waals surface area contributed by atoms with E-state index in [4.69, 9.17) is 9.47 Å². The molecule has 3 aromatic carbocycles. The van der Waals surface area contributed by atoms with Gasteiger partial charge >= 0.3 is 5.97 Å². The summed E-state index contributed by atoms with van der Waals surface area (Å²) in [5.74, 6) is 0.884. The van der Waals surface area contributed by atoms with Gasteiger partial charge in [-0.1, -0.05) is 24.3 Å². The lowest BCUT2D eigenvalue weighted by Gasteiger charge is -2.39. The zero-order valence-corrected chi connectivity index (χ0v) is 21.6. The number of halogens is 1. The second-order valence-corrected chi connectivity index (χ2v) is 10.5. The minimum absolute atomic E-state index is 0.0350. The summed E-state index contributed by atoms with van der Waals surface area (Å²) in [5.41, 5.74) is 2.24. The first-order valence-corrected chi connectivity index (χ1v) is 13.7. The lowest BCUT2D eigenvalue weighted by Crippen LogP contribution is -2.49. The molecular weight excluding hydrogens is 489 g/mol. The van der Waals surface area contributed by atoms with E-state index in [1.165, 1.54) is 17.8 Å². The summed E-state index contributed by atoms with van der Waals surface area (Å²) in [7, 11) is 0. The SMILES string of the molecule is CCOC(=O)c1ccc(OC2CC3CCC(C2)N3C(=O)c2ccc(CSc3ccccc3F)cc2)cc1. The molecule has 0 saturated carbocycles.